The third-order valence-corrected chi connectivity index (χ3v) is 10.8. The molecule has 2 aromatic rings. The van der Waals surface area contributed by atoms with E-state index in [1.807, 2.05) is 0 Å². The molecule has 0 N–H and O–H groups in total. The zero-order chi connectivity index (χ0) is 26.7. The molecule has 3 heterocycles. The molecule has 0 bridgehead atoms. The van der Waals surface area contributed by atoms with Gasteiger partial charge in [-0.2, -0.15) is 17.5 Å². The summed E-state index contributed by atoms with van der Waals surface area (Å²) in [6.45, 7) is 0.767. The van der Waals surface area contributed by atoms with Crippen LogP contribution in [0.5, 0.6) is 5.75 Å². The van der Waals surface area contributed by atoms with Crippen molar-refractivity contribution in [3.05, 3.63) is 54.4 Å². The number of ether oxygens (including phenoxy) is 1. The van der Waals surface area contributed by atoms with Crippen LogP contribution < -0.4 is 4.74 Å². The lowest BCUT2D eigenvalue weighted by Crippen LogP contribution is -2.43. The highest BCUT2D eigenvalue weighted by Gasteiger charge is 2.42. The topological polar surface area (TPSA) is 96.9 Å². The van der Waals surface area contributed by atoms with E-state index in [2.05, 4.69) is 4.98 Å². The van der Waals surface area contributed by atoms with E-state index in [1.54, 1.807) is 24.5 Å². The van der Waals surface area contributed by atoms with Crippen LogP contribution in [-0.4, -0.2) is 68.0 Å². The van der Waals surface area contributed by atoms with Gasteiger partial charge in [0.15, 0.2) is 0 Å². The van der Waals surface area contributed by atoms with Gasteiger partial charge in [-0.1, -0.05) is 12.1 Å². The Labute approximate surface area is 215 Å². The highest BCUT2D eigenvalue weighted by molar-refractivity contribution is 7.89. The highest BCUT2D eigenvalue weighted by Crippen LogP contribution is 2.37. The molecular weight excluding hydrogens is 531 g/mol. The van der Waals surface area contributed by atoms with Crippen molar-refractivity contribution in [2.75, 3.05) is 25.4 Å². The number of aromatic nitrogens is 1. The fourth-order valence-electron chi connectivity index (χ4n) is 4.93. The molecular formula is C24H30F3N3O5S2. The summed E-state index contributed by atoms with van der Waals surface area (Å²) in [6, 6.07) is 7.11. The number of hydrogen-bond donors (Lipinski definition) is 0. The lowest BCUT2D eigenvalue weighted by atomic mass is 10.1. The maximum atomic E-state index is 13.4. The van der Waals surface area contributed by atoms with Crippen LogP contribution in [0.4, 0.5) is 13.2 Å². The summed E-state index contributed by atoms with van der Waals surface area (Å²) in [5.74, 6) is 0.539. The van der Waals surface area contributed by atoms with E-state index in [0.717, 1.165) is 22.5 Å². The first-order valence-corrected chi connectivity index (χ1v) is 15.3. The van der Waals surface area contributed by atoms with Crippen LogP contribution in [0, 0.1) is 0 Å². The molecule has 13 heteroatoms. The van der Waals surface area contributed by atoms with Gasteiger partial charge in [-0.05, 0) is 62.8 Å². The summed E-state index contributed by atoms with van der Waals surface area (Å²) >= 11 is 0. The van der Waals surface area contributed by atoms with Gasteiger partial charge in [-0.25, -0.2) is 21.1 Å². The van der Waals surface area contributed by atoms with Crippen molar-refractivity contribution in [1.82, 2.24) is 13.6 Å². The normalized spacial score (nSPS) is 20.8. The monoisotopic (exact) mass is 561 g/mol. The van der Waals surface area contributed by atoms with Gasteiger partial charge in [-0.3, -0.25) is 4.98 Å². The number of alkyl halides is 3. The average molecular weight is 562 g/mol. The smallest absolute Gasteiger partial charge is 0.417 e. The van der Waals surface area contributed by atoms with Crippen LogP contribution in [0.1, 0.15) is 44.1 Å². The molecule has 1 aromatic carbocycles. The second-order valence-electron chi connectivity index (χ2n) is 9.26. The summed E-state index contributed by atoms with van der Waals surface area (Å²) in [4.78, 5) is 3.17. The molecule has 4 rings (SSSR count). The van der Waals surface area contributed by atoms with Crippen molar-refractivity contribution >= 4 is 20.0 Å². The molecule has 0 radical (unpaired) electrons. The fraction of sp³-hybridized carbons (Fsp3) is 0.542. The van der Waals surface area contributed by atoms with Crippen molar-refractivity contribution < 1.29 is 34.7 Å². The van der Waals surface area contributed by atoms with Gasteiger partial charge in [0.05, 0.1) is 16.2 Å². The Balaban J connectivity index is 1.32. The SMILES string of the molecule is O=S(=O)(CCC[C@@H]1CCCN1S(=O)(=O)c1ccccc1C(F)(F)F)N1CCC(Oc2ccncc2)CC1. The Hall–Kier alpha value is -2.22. The van der Waals surface area contributed by atoms with Gasteiger partial charge in [-0.15, -0.1) is 0 Å². The molecule has 0 aliphatic carbocycles. The Kier molecular flexibility index (Phi) is 8.46. The zero-order valence-corrected chi connectivity index (χ0v) is 21.8. The lowest BCUT2D eigenvalue weighted by Gasteiger charge is -2.31. The van der Waals surface area contributed by atoms with Gasteiger partial charge >= 0.3 is 6.18 Å². The molecule has 2 saturated heterocycles. The molecule has 8 nitrogen and oxygen atoms in total. The Morgan fingerprint density at radius 2 is 1.62 bits per heavy atom. The average Bonchev–Trinajstić information content (AvgIpc) is 3.34. The first-order chi connectivity index (χ1) is 17.5. The van der Waals surface area contributed by atoms with Gasteiger partial charge in [0.25, 0.3) is 0 Å². The molecule has 204 valence electrons. The van der Waals surface area contributed by atoms with Crippen molar-refractivity contribution in [1.29, 1.82) is 0 Å². The Morgan fingerprint density at radius 3 is 2.30 bits per heavy atom. The largest absolute Gasteiger partial charge is 0.490 e. The van der Waals surface area contributed by atoms with Crippen LogP contribution >= 0.6 is 0 Å². The molecule has 1 aromatic heterocycles. The summed E-state index contributed by atoms with van der Waals surface area (Å²) in [6.07, 6.45) is 0.919. The highest BCUT2D eigenvalue weighted by atomic mass is 32.2. The van der Waals surface area contributed by atoms with E-state index in [9.17, 15) is 30.0 Å². The van der Waals surface area contributed by atoms with Gasteiger partial charge in [0.1, 0.15) is 11.9 Å². The fourth-order valence-corrected chi connectivity index (χ4v) is 8.43. The third-order valence-electron chi connectivity index (χ3n) is 6.79. The second kappa shape index (κ2) is 11.3. The molecule has 2 aliphatic rings. The first kappa shape index (κ1) is 27.8. The number of nitrogens with zero attached hydrogens (tertiary/aromatic N) is 3. The molecule has 0 amide bonds. The molecule has 2 fully saturated rings. The van der Waals surface area contributed by atoms with Gasteiger partial charge < -0.3 is 4.74 Å². The van der Waals surface area contributed by atoms with E-state index < -0.39 is 42.7 Å². The van der Waals surface area contributed by atoms with Gasteiger partial charge in [0.2, 0.25) is 20.0 Å². The predicted octanol–water partition coefficient (Wildman–Crippen LogP) is 3.91. The number of rotatable bonds is 9. The molecule has 37 heavy (non-hydrogen) atoms. The number of sulfonamides is 2. The predicted molar refractivity (Wildman–Crippen MR) is 131 cm³/mol. The lowest BCUT2D eigenvalue weighted by molar-refractivity contribution is -0.139. The zero-order valence-electron chi connectivity index (χ0n) is 20.2. The minimum atomic E-state index is -4.80. The van der Waals surface area contributed by atoms with E-state index in [1.165, 1.54) is 10.4 Å². The molecule has 2 aliphatic heterocycles. The van der Waals surface area contributed by atoms with Crippen LogP contribution in [-0.2, 0) is 26.2 Å². The number of pyridine rings is 1. The molecule has 0 unspecified atom stereocenters. The number of halogens is 3. The van der Waals surface area contributed by atoms with Crippen LogP contribution in [0.25, 0.3) is 0 Å². The van der Waals surface area contributed by atoms with E-state index >= 15 is 0 Å². The van der Waals surface area contributed by atoms with Crippen molar-refractivity contribution in [2.24, 2.45) is 0 Å². The molecule has 0 spiro atoms. The third kappa shape index (κ3) is 6.62. The van der Waals surface area contributed by atoms with Crippen LogP contribution in [0.3, 0.4) is 0 Å². The summed E-state index contributed by atoms with van der Waals surface area (Å²) in [7, 11) is -7.94. The maximum Gasteiger partial charge on any atom is 0.417 e. The number of hydrogen-bond acceptors (Lipinski definition) is 6. The number of piperidine rings is 1. The minimum Gasteiger partial charge on any atom is -0.490 e. The van der Waals surface area contributed by atoms with Gasteiger partial charge in [0, 0.05) is 38.1 Å². The van der Waals surface area contributed by atoms with E-state index in [4.69, 9.17) is 4.74 Å². The van der Waals surface area contributed by atoms with E-state index in [0.29, 0.717) is 44.5 Å². The van der Waals surface area contributed by atoms with Crippen molar-refractivity contribution in [3.8, 4) is 5.75 Å². The summed E-state index contributed by atoms with van der Waals surface area (Å²) in [5.41, 5.74) is -1.19. The Bertz CT molecular complexity index is 1270. The standard InChI is InChI=1S/C24H30F3N3O5S2/c25-24(26,27)22-7-1-2-8-23(22)37(33,34)30-15-3-5-19(30)6-4-18-36(31,32)29-16-11-21(12-17-29)35-20-9-13-28-14-10-20/h1-2,7-10,13-14,19,21H,3-6,11-12,15-18H2/t19-/m0/s1. The second-order valence-corrected chi connectivity index (χ2v) is 13.2. The first-order valence-electron chi connectivity index (χ1n) is 12.2. The summed E-state index contributed by atoms with van der Waals surface area (Å²) < 4.78 is 101. The minimum absolute atomic E-state index is 0.0920. The van der Waals surface area contributed by atoms with Crippen LogP contribution in [0.15, 0.2) is 53.7 Å². The summed E-state index contributed by atoms with van der Waals surface area (Å²) in [5, 5.41) is 0. The molecule has 0 saturated carbocycles. The van der Waals surface area contributed by atoms with Crippen molar-refractivity contribution in [2.45, 2.75) is 61.7 Å². The van der Waals surface area contributed by atoms with Crippen LogP contribution in [0.2, 0.25) is 0 Å². The quantitative estimate of drug-likeness (QED) is 0.461. The maximum absolute atomic E-state index is 13.4. The van der Waals surface area contributed by atoms with Crippen molar-refractivity contribution in [3.63, 3.8) is 0 Å². The number of benzene rings is 1. The molecule has 1 atom stereocenters. The van der Waals surface area contributed by atoms with E-state index in [-0.39, 0.29) is 31.2 Å². The Morgan fingerprint density at radius 1 is 0.946 bits per heavy atom.